The van der Waals surface area contributed by atoms with Crippen molar-refractivity contribution < 1.29 is 0 Å². The third-order valence-electron chi connectivity index (χ3n) is 20.9. The number of aromatic nitrogens is 4. The number of rotatable bonds is 5. The molecule has 22 rings (SSSR count). The Morgan fingerprint density at radius 2 is 0.457 bits per heavy atom. The van der Waals surface area contributed by atoms with Gasteiger partial charge >= 0.3 is 0 Å². The van der Waals surface area contributed by atoms with Crippen LogP contribution in [0.25, 0.3) is 207 Å². The highest BCUT2D eigenvalue weighted by Crippen LogP contribution is 2.50. The molecule has 20 aromatic carbocycles. The maximum atomic E-state index is 2.55. The zero-order valence-corrected chi connectivity index (χ0v) is 49.7. The predicted molar refractivity (Wildman–Crippen MR) is 392 cm³/mol. The second kappa shape index (κ2) is 17.8. The second-order valence-electron chi connectivity index (χ2n) is 25.5. The van der Waals surface area contributed by atoms with Gasteiger partial charge in [-0.25, -0.2) is 18.7 Å². The first-order valence-corrected chi connectivity index (χ1v) is 32.0. The SMILES string of the molecule is c1cc(-c2ccc3c(-n4c5ccc6c7cc8ccccc8cc7c7ccc(c5c76)n4-c4cc5ccccc5c5ccccc45)cc4ccccc4c3c2)cc(-n2c3ccc4c5cc6ccccc6cc5c5ccc(c3c45)n2-c2cc3ccccc3c3ccccc23)c1. The lowest BCUT2D eigenvalue weighted by Crippen LogP contribution is -2.10. The van der Waals surface area contributed by atoms with Crippen molar-refractivity contribution in [1.29, 1.82) is 0 Å². The van der Waals surface area contributed by atoms with Gasteiger partial charge < -0.3 is 0 Å². The van der Waals surface area contributed by atoms with Crippen molar-refractivity contribution >= 4 is 173 Å². The van der Waals surface area contributed by atoms with Crippen molar-refractivity contribution in [3.8, 4) is 33.9 Å². The molecule has 0 spiro atoms. The molecule has 0 saturated carbocycles. The molecule has 0 atom stereocenters. The van der Waals surface area contributed by atoms with Crippen LogP contribution in [-0.4, -0.2) is 18.7 Å². The molecule has 4 nitrogen and oxygen atoms in total. The van der Waals surface area contributed by atoms with Gasteiger partial charge in [0.15, 0.2) is 0 Å². The van der Waals surface area contributed by atoms with Crippen molar-refractivity contribution in [2.75, 3.05) is 0 Å². The van der Waals surface area contributed by atoms with E-state index in [4.69, 9.17) is 0 Å². The Morgan fingerprint density at radius 3 is 0.880 bits per heavy atom. The lowest BCUT2D eigenvalue weighted by Gasteiger charge is -2.21. The van der Waals surface area contributed by atoms with Gasteiger partial charge in [0.05, 0.1) is 44.8 Å². The molecule has 0 bridgehead atoms. The van der Waals surface area contributed by atoms with E-state index in [-0.39, 0.29) is 0 Å². The van der Waals surface area contributed by atoms with E-state index in [1.807, 2.05) is 0 Å². The highest BCUT2D eigenvalue weighted by molar-refractivity contribution is 6.38. The monoisotopic (exact) mass is 1160 g/mol. The molecular weight excluding hydrogens is 1110 g/mol. The van der Waals surface area contributed by atoms with Crippen LogP contribution in [-0.2, 0) is 0 Å². The fourth-order valence-electron chi connectivity index (χ4n) is 17.0. The van der Waals surface area contributed by atoms with Crippen LogP contribution >= 0.6 is 0 Å². The van der Waals surface area contributed by atoms with E-state index in [1.165, 1.54) is 173 Å². The molecule has 22 aromatic rings. The number of nitrogens with zero attached hydrogens (tertiary/aromatic N) is 4. The van der Waals surface area contributed by atoms with Crippen LogP contribution in [0.5, 0.6) is 0 Å². The standard InChI is InChI=1S/C88H50N4/c1-2-17-53-44-75-70-35-39-79-87-78(38-34-69(85(70)87)74(75)43-52(53)16-1)89(90(79)82-48-57-20-5-8-25-61(57)64-28-11-13-30-66(64)82)60-24-15-23-51(42-60)56-32-33-68-73(47-56)63-27-10-7-22-59(63)50-84(68)92-81-41-37-72-77-46-55-19-4-3-18-54(55)45-76(77)71-36-40-80(88(81)86(71)72)91(92)83-49-58-21-6-9-26-62(58)65-29-12-14-31-67(65)83/h1-50H. The van der Waals surface area contributed by atoms with E-state index in [0.717, 1.165) is 33.9 Å². The predicted octanol–water partition coefficient (Wildman–Crippen LogP) is 23.8. The Kier molecular flexibility index (Phi) is 9.41. The first-order valence-electron chi connectivity index (χ1n) is 32.0. The summed E-state index contributed by atoms with van der Waals surface area (Å²) in [6.45, 7) is 0. The van der Waals surface area contributed by atoms with E-state index >= 15 is 0 Å². The topological polar surface area (TPSA) is 19.7 Å². The maximum Gasteiger partial charge on any atom is 0.0737 e. The third kappa shape index (κ3) is 6.39. The van der Waals surface area contributed by atoms with E-state index in [0.29, 0.717) is 0 Å². The van der Waals surface area contributed by atoms with Crippen LogP contribution in [0.1, 0.15) is 0 Å². The van der Waals surface area contributed by atoms with E-state index in [9.17, 15) is 0 Å². The van der Waals surface area contributed by atoms with Crippen LogP contribution in [0, 0.1) is 0 Å². The Morgan fingerprint density at radius 1 is 0.152 bits per heavy atom. The Balaban J connectivity index is 0.801. The summed E-state index contributed by atoms with van der Waals surface area (Å²) >= 11 is 0. The molecule has 4 heteroatoms. The molecule has 2 heterocycles. The number of benzene rings is 18. The highest BCUT2D eigenvalue weighted by Gasteiger charge is 2.28. The summed E-state index contributed by atoms with van der Waals surface area (Å²) in [5, 5.41) is 35.1. The quantitative estimate of drug-likeness (QED) is 0.153. The minimum absolute atomic E-state index is 1.08. The summed E-state index contributed by atoms with van der Waals surface area (Å²) in [5.74, 6) is 0. The van der Waals surface area contributed by atoms with Crippen molar-refractivity contribution in [3.63, 3.8) is 0 Å². The summed E-state index contributed by atoms with van der Waals surface area (Å²) in [7, 11) is 0. The average Bonchev–Trinajstić information content (AvgIpc) is 1.54. The first-order chi connectivity index (χ1) is 45.6. The Labute approximate surface area is 525 Å². The van der Waals surface area contributed by atoms with Gasteiger partial charge in [0.2, 0.25) is 0 Å². The molecule has 0 aliphatic heterocycles. The molecule has 0 aliphatic rings. The zero-order valence-electron chi connectivity index (χ0n) is 49.7. The van der Waals surface area contributed by atoms with Crippen molar-refractivity contribution in [2.45, 2.75) is 0 Å². The summed E-state index contributed by atoms with van der Waals surface area (Å²) in [4.78, 5) is 0. The van der Waals surface area contributed by atoms with Gasteiger partial charge in [-0.05, 0) is 209 Å². The van der Waals surface area contributed by atoms with Crippen LogP contribution in [0.15, 0.2) is 303 Å². The lowest BCUT2D eigenvalue weighted by molar-refractivity contribution is 0.792. The summed E-state index contributed by atoms with van der Waals surface area (Å²) in [6.07, 6.45) is 0. The number of hydrogen-bond donors (Lipinski definition) is 0. The van der Waals surface area contributed by atoms with E-state index in [1.54, 1.807) is 0 Å². The van der Waals surface area contributed by atoms with Crippen molar-refractivity contribution in [1.82, 2.24) is 18.7 Å². The lowest BCUT2D eigenvalue weighted by atomic mass is 9.95. The fraction of sp³-hybridized carbons (Fsp3) is 0. The normalized spacial score (nSPS) is 12.6. The molecule has 0 radical (unpaired) electrons. The minimum atomic E-state index is 1.08. The molecule has 0 aliphatic carbocycles. The molecular formula is C88H50N4. The molecule has 422 valence electrons. The molecule has 0 saturated heterocycles. The van der Waals surface area contributed by atoms with Gasteiger partial charge in [0, 0.05) is 37.7 Å². The Bertz CT molecular complexity index is 6900. The number of fused-ring (bicyclic) bond motifs is 17. The third-order valence-corrected chi connectivity index (χ3v) is 20.9. The van der Waals surface area contributed by atoms with Crippen molar-refractivity contribution in [3.05, 3.63) is 303 Å². The number of hydrogen-bond acceptors (Lipinski definition) is 0. The van der Waals surface area contributed by atoms with E-state index < -0.39 is 0 Å². The van der Waals surface area contributed by atoms with Crippen LogP contribution < -0.4 is 0 Å². The Hall–Kier alpha value is -12.2. The van der Waals surface area contributed by atoms with Crippen molar-refractivity contribution in [2.24, 2.45) is 0 Å². The fourth-order valence-corrected chi connectivity index (χ4v) is 17.0. The van der Waals surface area contributed by atoms with Crippen LogP contribution in [0.3, 0.4) is 0 Å². The van der Waals surface area contributed by atoms with E-state index in [2.05, 4.69) is 322 Å². The van der Waals surface area contributed by atoms with Gasteiger partial charge in [-0.1, -0.05) is 218 Å². The van der Waals surface area contributed by atoms with Gasteiger partial charge in [-0.15, -0.1) is 0 Å². The largest absolute Gasteiger partial charge is 0.248 e. The zero-order chi connectivity index (χ0) is 59.6. The summed E-state index contributed by atoms with van der Waals surface area (Å²) in [5.41, 5.74) is 11.5. The molecule has 0 unspecified atom stereocenters. The highest BCUT2D eigenvalue weighted by atomic mass is 15.4. The molecule has 0 N–H and O–H groups in total. The minimum Gasteiger partial charge on any atom is -0.248 e. The maximum absolute atomic E-state index is 2.55. The van der Waals surface area contributed by atoms with Gasteiger partial charge in [-0.3, -0.25) is 0 Å². The van der Waals surface area contributed by atoms with Crippen LogP contribution in [0.4, 0.5) is 0 Å². The average molecular weight is 1160 g/mol. The molecule has 0 fully saturated rings. The van der Waals surface area contributed by atoms with Gasteiger partial charge in [-0.2, -0.15) is 0 Å². The molecule has 0 amide bonds. The summed E-state index contributed by atoms with van der Waals surface area (Å²) < 4.78 is 10.1. The van der Waals surface area contributed by atoms with Gasteiger partial charge in [0.25, 0.3) is 0 Å². The second-order valence-corrected chi connectivity index (χ2v) is 25.5. The first kappa shape index (κ1) is 48.7. The molecule has 92 heavy (non-hydrogen) atoms. The summed E-state index contributed by atoms with van der Waals surface area (Å²) in [6, 6.07) is 115. The smallest absolute Gasteiger partial charge is 0.0737 e. The molecule has 2 aromatic heterocycles. The van der Waals surface area contributed by atoms with Crippen LogP contribution in [0.2, 0.25) is 0 Å². The van der Waals surface area contributed by atoms with Gasteiger partial charge in [0.1, 0.15) is 0 Å².